The second kappa shape index (κ2) is 10.3. The zero-order valence-corrected chi connectivity index (χ0v) is 19.8. The van der Waals surface area contributed by atoms with Crippen LogP contribution in [0.25, 0.3) is 5.52 Å². The Morgan fingerprint density at radius 2 is 1.97 bits per heavy atom. The predicted octanol–water partition coefficient (Wildman–Crippen LogP) is 4.16. The van der Waals surface area contributed by atoms with E-state index in [9.17, 15) is 9.18 Å². The van der Waals surface area contributed by atoms with Gasteiger partial charge in [0.15, 0.2) is 5.82 Å². The van der Waals surface area contributed by atoms with Gasteiger partial charge < -0.3 is 21.7 Å². The molecule has 0 unspecified atom stereocenters. The van der Waals surface area contributed by atoms with Crippen molar-refractivity contribution in [2.24, 2.45) is 0 Å². The Bertz CT molecular complexity index is 1340. The van der Waals surface area contributed by atoms with E-state index in [-0.39, 0.29) is 11.6 Å². The number of amides is 1. The van der Waals surface area contributed by atoms with Gasteiger partial charge in [-0.25, -0.2) is 13.9 Å². The van der Waals surface area contributed by atoms with Crippen molar-refractivity contribution in [2.45, 2.75) is 29.8 Å². The van der Waals surface area contributed by atoms with E-state index in [4.69, 9.17) is 10.7 Å². The Morgan fingerprint density at radius 1 is 1.17 bits per heavy atom. The molecule has 5 N–H and O–H groups in total. The first kappa shape index (κ1) is 23.1. The van der Waals surface area contributed by atoms with Crippen LogP contribution < -0.4 is 21.7 Å². The largest absolute Gasteiger partial charge is 0.397 e. The third-order valence-corrected chi connectivity index (χ3v) is 6.81. The summed E-state index contributed by atoms with van der Waals surface area (Å²) in [7, 11) is 0. The molecule has 2 aromatic carbocycles. The molecule has 1 saturated heterocycles. The second-order valence-corrected chi connectivity index (χ2v) is 9.36. The molecule has 2 aromatic heterocycles. The molecule has 0 atom stereocenters. The summed E-state index contributed by atoms with van der Waals surface area (Å²) in [6.07, 6.45) is 4.05. The molecule has 0 spiro atoms. The number of carbonyl (C=O) groups excluding carboxylic acids is 1. The van der Waals surface area contributed by atoms with Crippen molar-refractivity contribution in [2.75, 3.05) is 29.5 Å². The molecule has 1 aliphatic rings. The van der Waals surface area contributed by atoms with Crippen LogP contribution in [-0.2, 0) is 5.75 Å². The van der Waals surface area contributed by atoms with Gasteiger partial charge in [0.05, 0.1) is 11.4 Å². The van der Waals surface area contributed by atoms with Crippen molar-refractivity contribution in [1.29, 1.82) is 0 Å². The summed E-state index contributed by atoms with van der Waals surface area (Å²) >= 11 is 1.54. The number of rotatable bonds is 7. The Balaban J connectivity index is 1.24. The molecule has 3 heterocycles. The number of hydrogen-bond donors (Lipinski definition) is 4. The molecule has 1 fully saturated rings. The Morgan fingerprint density at radius 3 is 2.74 bits per heavy atom. The number of carbonyl (C=O) groups is 1. The number of nitrogens with one attached hydrogen (secondary N) is 3. The Kier molecular flexibility index (Phi) is 6.82. The minimum atomic E-state index is -0.448. The van der Waals surface area contributed by atoms with Gasteiger partial charge >= 0.3 is 0 Å². The average Bonchev–Trinajstić information content (AvgIpc) is 3.34. The Labute approximate surface area is 206 Å². The van der Waals surface area contributed by atoms with Crippen LogP contribution in [0, 0.1) is 5.82 Å². The van der Waals surface area contributed by atoms with Crippen LogP contribution in [0.1, 0.15) is 28.8 Å². The fourth-order valence-corrected chi connectivity index (χ4v) is 4.77. The molecule has 0 saturated carbocycles. The van der Waals surface area contributed by atoms with Gasteiger partial charge in [0.25, 0.3) is 5.91 Å². The van der Waals surface area contributed by atoms with Crippen molar-refractivity contribution in [3.63, 3.8) is 0 Å². The van der Waals surface area contributed by atoms with E-state index >= 15 is 0 Å². The number of nitrogen functional groups attached to an aromatic ring is 1. The number of thioether (sulfide) groups is 1. The lowest BCUT2D eigenvalue weighted by molar-refractivity contribution is 0.102. The molecule has 0 bridgehead atoms. The zero-order valence-electron chi connectivity index (χ0n) is 19.0. The highest BCUT2D eigenvalue weighted by Gasteiger charge is 2.16. The molecule has 1 aliphatic heterocycles. The maximum absolute atomic E-state index is 13.2. The summed E-state index contributed by atoms with van der Waals surface area (Å²) < 4.78 is 15.1. The lowest BCUT2D eigenvalue weighted by Gasteiger charge is -2.24. The molecule has 4 aromatic rings. The molecule has 0 aliphatic carbocycles. The standard InChI is InChI=1S/C25H26FN7OS/c26-18-7-8-21(20(27)14-18)30-24(34)17-5-3-16(4-6-17)15-35-25-31-23(22-2-1-13-33(22)32-25)29-19-9-11-28-12-10-19/h1-8,13-14,19,28H,9-12,15,27H2,(H,30,34)(H,29,31,32). The van der Waals surface area contributed by atoms with Crippen LogP contribution in [0.2, 0.25) is 0 Å². The number of hydrogen-bond acceptors (Lipinski definition) is 7. The highest BCUT2D eigenvalue weighted by atomic mass is 32.2. The van der Waals surface area contributed by atoms with Crippen molar-refractivity contribution < 1.29 is 9.18 Å². The molecule has 5 rings (SSSR count). The average molecular weight is 492 g/mol. The maximum atomic E-state index is 13.2. The minimum absolute atomic E-state index is 0.181. The third-order valence-electron chi connectivity index (χ3n) is 5.90. The first-order valence-corrected chi connectivity index (χ1v) is 12.4. The van der Waals surface area contributed by atoms with Gasteiger partial charge in [0.1, 0.15) is 11.3 Å². The minimum Gasteiger partial charge on any atom is -0.397 e. The summed E-state index contributed by atoms with van der Waals surface area (Å²) in [4.78, 5) is 17.3. The predicted molar refractivity (Wildman–Crippen MR) is 137 cm³/mol. The van der Waals surface area contributed by atoms with Crippen LogP contribution in [0.4, 0.5) is 21.6 Å². The highest BCUT2D eigenvalue weighted by molar-refractivity contribution is 7.98. The molecule has 8 nitrogen and oxygen atoms in total. The van der Waals surface area contributed by atoms with Crippen molar-refractivity contribution >= 4 is 40.4 Å². The van der Waals surface area contributed by atoms with E-state index in [0.29, 0.717) is 28.2 Å². The van der Waals surface area contributed by atoms with Crippen molar-refractivity contribution in [3.05, 3.63) is 77.7 Å². The zero-order chi connectivity index (χ0) is 24.2. The van der Waals surface area contributed by atoms with Gasteiger partial charge in [-0.15, -0.1) is 5.10 Å². The van der Waals surface area contributed by atoms with Gasteiger partial charge in [-0.3, -0.25) is 4.79 Å². The highest BCUT2D eigenvalue weighted by Crippen LogP contribution is 2.25. The van der Waals surface area contributed by atoms with Crippen LogP contribution in [0.15, 0.2) is 66.0 Å². The fraction of sp³-hybridized carbons (Fsp3) is 0.240. The number of piperidine rings is 1. The van der Waals surface area contributed by atoms with Gasteiger partial charge in [-0.05, 0) is 74.0 Å². The smallest absolute Gasteiger partial charge is 0.255 e. The van der Waals surface area contributed by atoms with Gasteiger partial charge in [0.2, 0.25) is 5.16 Å². The van der Waals surface area contributed by atoms with E-state index in [1.54, 1.807) is 23.9 Å². The number of nitrogens with two attached hydrogens (primary N) is 1. The number of halogens is 1. The second-order valence-electron chi connectivity index (χ2n) is 8.42. The first-order chi connectivity index (χ1) is 17.0. The van der Waals surface area contributed by atoms with Gasteiger partial charge in [-0.1, -0.05) is 23.9 Å². The van der Waals surface area contributed by atoms with Crippen LogP contribution in [-0.4, -0.2) is 39.6 Å². The third kappa shape index (κ3) is 5.55. The van der Waals surface area contributed by atoms with Crippen molar-refractivity contribution in [3.8, 4) is 0 Å². The molecule has 10 heteroatoms. The number of nitrogens with zero attached hydrogens (tertiary/aromatic N) is 3. The molecular weight excluding hydrogens is 465 g/mol. The summed E-state index contributed by atoms with van der Waals surface area (Å²) in [6, 6.07) is 15.6. The molecule has 180 valence electrons. The molecule has 35 heavy (non-hydrogen) atoms. The SMILES string of the molecule is Nc1cc(F)ccc1NC(=O)c1ccc(CSc2nc(NC3CCNCC3)c3cccn3n2)cc1. The topological polar surface area (TPSA) is 109 Å². The van der Waals surface area contributed by atoms with Gasteiger partial charge in [0, 0.05) is 23.6 Å². The van der Waals surface area contributed by atoms with E-state index in [1.807, 2.05) is 35.0 Å². The first-order valence-electron chi connectivity index (χ1n) is 11.5. The lowest BCUT2D eigenvalue weighted by atomic mass is 10.1. The molecular formula is C25H26FN7OS. The van der Waals surface area contributed by atoms with Crippen molar-refractivity contribution in [1.82, 2.24) is 19.9 Å². The monoisotopic (exact) mass is 491 g/mol. The summed E-state index contributed by atoms with van der Waals surface area (Å²) in [6.45, 7) is 2.01. The van der Waals surface area contributed by atoms with Crippen LogP contribution in [0.3, 0.4) is 0 Å². The van der Waals surface area contributed by atoms with Gasteiger partial charge in [-0.2, -0.15) is 0 Å². The summed E-state index contributed by atoms with van der Waals surface area (Å²) in [5.41, 5.74) is 8.83. The summed E-state index contributed by atoms with van der Waals surface area (Å²) in [5, 5.41) is 15.0. The summed E-state index contributed by atoms with van der Waals surface area (Å²) in [5.74, 6) is 0.757. The number of aromatic nitrogens is 3. The van der Waals surface area contributed by atoms with Crippen LogP contribution in [0.5, 0.6) is 0 Å². The van der Waals surface area contributed by atoms with Crippen LogP contribution >= 0.6 is 11.8 Å². The number of anilines is 3. The van der Waals surface area contributed by atoms with E-state index < -0.39 is 5.82 Å². The molecule has 0 radical (unpaired) electrons. The quantitative estimate of drug-likeness (QED) is 0.227. The number of fused-ring (bicyclic) bond motifs is 1. The fourth-order valence-electron chi connectivity index (χ4n) is 3.98. The van der Waals surface area contributed by atoms with E-state index in [2.05, 4.69) is 21.0 Å². The Hall–Kier alpha value is -3.63. The van der Waals surface area contributed by atoms with E-state index in [0.717, 1.165) is 42.8 Å². The number of benzene rings is 2. The van der Waals surface area contributed by atoms with E-state index in [1.165, 1.54) is 18.2 Å². The lowest BCUT2D eigenvalue weighted by Crippen LogP contribution is -2.35. The normalized spacial score (nSPS) is 14.2. The molecule has 1 amide bonds. The maximum Gasteiger partial charge on any atom is 0.255 e.